The molecule has 0 aliphatic rings. The normalized spacial score (nSPS) is 10.5. The summed E-state index contributed by atoms with van der Waals surface area (Å²) in [5, 5.41) is 10.7. The maximum atomic E-state index is 11.1. The Morgan fingerprint density at radius 2 is 2.00 bits per heavy atom. The van der Waals surface area contributed by atoms with E-state index in [-0.39, 0.29) is 22.5 Å². The predicted octanol–water partition coefficient (Wildman–Crippen LogP) is 0.901. The molecule has 0 atom stereocenters. The Bertz CT molecular complexity index is 847. The van der Waals surface area contributed by atoms with E-state index in [1.807, 2.05) is 18.2 Å². The second-order valence-electron chi connectivity index (χ2n) is 4.83. The minimum absolute atomic E-state index is 0. The van der Waals surface area contributed by atoms with E-state index in [0.29, 0.717) is 11.6 Å². The molecule has 22 heavy (non-hydrogen) atoms. The van der Waals surface area contributed by atoms with E-state index in [0.717, 1.165) is 11.1 Å². The lowest BCUT2D eigenvalue weighted by Crippen LogP contribution is -3.00. The highest BCUT2D eigenvalue weighted by Crippen LogP contribution is 2.21. The number of carbonyl (C=O) groups is 1. The Morgan fingerprint density at radius 3 is 2.73 bits per heavy atom. The van der Waals surface area contributed by atoms with Crippen molar-refractivity contribution in [2.45, 2.75) is 13.5 Å². The van der Waals surface area contributed by atoms with Crippen molar-refractivity contribution in [1.29, 1.82) is 0 Å². The predicted molar refractivity (Wildman–Crippen MR) is 84.3 cm³/mol. The van der Waals surface area contributed by atoms with Gasteiger partial charge in [0.2, 0.25) is 10.5 Å². The van der Waals surface area contributed by atoms with Crippen LogP contribution in [0.2, 0.25) is 5.02 Å². The van der Waals surface area contributed by atoms with Gasteiger partial charge in [-0.05, 0) is 24.3 Å². The first-order chi connectivity index (χ1) is 10.0. The van der Waals surface area contributed by atoms with Crippen molar-refractivity contribution >= 4 is 39.1 Å². The summed E-state index contributed by atoms with van der Waals surface area (Å²) in [6.07, 6.45) is 0. The fourth-order valence-electron chi connectivity index (χ4n) is 2.39. The van der Waals surface area contributed by atoms with Gasteiger partial charge in [-0.3, -0.25) is 0 Å². The number of halogens is 2. The van der Waals surface area contributed by atoms with Gasteiger partial charge in [-0.25, -0.2) is 4.79 Å². The number of aromatic nitrogens is 1. The Labute approximate surface area is 147 Å². The average Bonchev–Trinajstić information content (AvgIpc) is 2.75. The summed E-state index contributed by atoms with van der Waals surface area (Å²) < 4.78 is 3.40. The van der Waals surface area contributed by atoms with Gasteiger partial charge in [-0.15, -0.1) is 0 Å². The number of rotatable bonds is 3. The van der Waals surface area contributed by atoms with E-state index in [9.17, 15) is 4.79 Å². The molecule has 6 heteroatoms. The summed E-state index contributed by atoms with van der Waals surface area (Å²) in [4.78, 5) is 11.1. The van der Waals surface area contributed by atoms with E-state index in [1.165, 1.54) is 15.8 Å². The second kappa shape index (κ2) is 6.77. The summed E-state index contributed by atoms with van der Waals surface area (Å²) >= 11 is 7.75. The van der Waals surface area contributed by atoms with Crippen molar-refractivity contribution in [3.8, 4) is 0 Å². The first-order valence-corrected chi connectivity index (χ1v) is 7.65. The van der Waals surface area contributed by atoms with Crippen molar-refractivity contribution in [3.05, 3.63) is 63.6 Å². The van der Waals surface area contributed by atoms with Crippen LogP contribution in [0.4, 0.5) is 0 Å². The lowest BCUT2D eigenvalue weighted by atomic mass is 10.1. The standard InChI is InChI=1S/C16H12ClNO2S.BrH/c1-10-18(14-4-2-3-5-15(14)21-10)9-11-6-12(16(19)20)8-13(17)7-11;/h2-8H,9H2,1H3;1H. The van der Waals surface area contributed by atoms with Crippen LogP contribution in [0.5, 0.6) is 0 Å². The number of benzene rings is 2. The molecule has 0 amide bonds. The van der Waals surface area contributed by atoms with Crippen molar-refractivity contribution in [1.82, 2.24) is 0 Å². The Morgan fingerprint density at radius 1 is 1.27 bits per heavy atom. The molecule has 114 valence electrons. The highest BCUT2D eigenvalue weighted by atomic mass is 79.9. The minimum atomic E-state index is -0.962. The Hall–Kier alpha value is -1.43. The molecule has 0 fully saturated rings. The molecule has 1 N–H and O–H groups in total. The summed E-state index contributed by atoms with van der Waals surface area (Å²) in [5.74, 6) is -0.962. The molecule has 0 aliphatic heterocycles. The quantitative estimate of drug-likeness (QED) is 0.666. The first-order valence-electron chi connectivity index (χ1n) is 6.45. The van der Waals surface area contributed by atoms with Crippen LogP contribution >= 0.6 is 22.9 Å². The zero-order chi connectivity index (χ0) is 15.0. The summed E-state index contributed by atoms with van der Waals surface area (Å²) in [5.41, 5.74) is 2.25. The van der Waals surface area contributed by atoms with Gasteiger partial charge in [-0.2, -0.15) is 4.57 Å². The SMILES string of the molecule is Cc1sc2ccccc2[n+]1Cc1cc(Cl)cc(C(=O)O)c1.[Br-]. The third kappa shape index (κ3) is 3.32. The maximum Gasteiger partial charge on any atom is 0.335 e. The second-order valence-corrected chi connectivity index (χ2v) is 6.50. The number of thiazole rings is 1. The van der Waals surface area contributed by atoms with E-state index >= 15 is 0 Å². The van der Waals surface area contributed by atoms with Crippen LogP contribution in [0.15, 0.2) is 42.5 Å². The van der Waals surface area contributed by atoms with Gasteiger partial charge in [0, 0.05) is 23.6 Å². The molecule has 2 aromatic carbocycles. The Kier molecular flexibility index (Phi) is 5.21. The van der Waals surface area contributed by atoms with Crippen molar-refractivity contribution in [2.75, 3.05) is 0 Å². The van der Waals surface area contributed by atoms with Crippen molar-refractivity contribution < 1.29 is 31.4 Å². The number of hydrogen-bond donors (Lipinski definition) is 1. The molecule has 0 radical (unpaired) electrons. The molecule has 1 heterocycles. The van der Waals surface area contributed by atoms with E-state index in [2.05, 4.69) is 23.6 Å². The van der Waals surface area contributed by atoms with Crippen LogP contribution in [-0.2, 0) is 6.54 Å². The number of para-hydroxylation sites is 1. The molecular weight excluding hydrogens is 386 g/mol. The number of carboxylic acid groups (broad SMARTS) is 1. The van der Waals surface area contributed by atoms with Gasteiger partial charge in [0.1, 0.15) is 4.70 Å². The van der Waals surface area contributed by atoms with Gasteiger partial charge >= 0.3 is 5.97 Å². The molecule has 0 unspecified atom stereocenters. The lowest BCUT2D eigenvalue weighted by molar-refractivity contribution is -0.664. The first kappa shape index (κ1) is 16.9. The lowest BCUT2D eigenvalue weighted by Gasteiger charge is -2.02. The van der Waals surface area contributed by atoms with Gasteiger partial charge < -0.3 is 22.1 Å². The molecule has 0 saturated heterocycles. The molecular formula is C16H13BrClNO2S. The monoisotopic (exact) mass is 397 g/mol. The van der Waals surface area contributed by atoms with Crippen molar-refractivity contribution in [2.24, 2.45) is 0 Å². The number of hydrogen-bond acceptors (Lipinski definition) is 2. The van der Waals surface area contributed by atoms with Gasteiger partial charge in [-0.1, -0.05) is 35.1 Å². The summed E-state index contributed by atoms with van der Waals surface area (Å²) in [6, 6.07) is 13.1. The zero-order valence-corrected chi connectivity index (χ0v) is 14.9. The zero-order valence-electron chi connectivity index (χ0n) is 11.7. The van der Waals surface area contributed by atoms with Gasteiger partial charge in [0.05, 0.1) is 5.56 Å². The van der Waals surface area contributed by atoms with Crippen LogP contribution in [-0.4, -0.2) is 11.1 Å². The van der Waals surface area contributed by atoms with E-state index in [4.69, 9.17) is 16.7 Å². The fourth-order valence-corrected chi connectivity index (χ4v) is 3.67. The van der Waals surface area contributed by atoms with Crippen LogP contribution < -0.4 is 21.5 Å². The maximum absolute atomic E-state index is 11.1. The molecule has 0 bridgehead atoms. The van der Waals surface area contributed by atoms with Crippen LogP contribution in [0, 0.1) is 6.92 Å². The Balaban J connectivity index is 0.00000176. The molecule has 0 spiro atoms. The van der Waals surface area contributed by atoms with Crippen molar-refractivity contribution in [3.63, 3.8) is 0 Å². The van der Waals surface area contributed by atoms with Crippen LogP contribution in [0.25, 0.3) is 10.2 Å². The molecule has 3 nitrogen and oxygen atoms in total. The smallest absolute Gasteiger partial charge is 0.335 e. The number of nitrogens with zero attached hydrogens (tertiary/aromatic N) is 1. The largest absolute Gasteiger partial charge is 1.00 e. The molecule has 3 rings (SSSR count). The van der Waals surface area contributed by atoms with Crippen LogP contribution in [0.1, 0.15) is 20.9 Å². The van der Waals surface area contributed by atoms with E-state index in [1.54, 1.807) is 17.4 Å². The van der Waals surface area contributed by atoms with Gasteiger partial charge in [0.15, 0.2) is 6.54 Å². The average molecular weight is 399 g/mol. The molecule has 1 aromatic heterocycles. The fraction of sp³-hybridized carbons (Fsp3) is 0.125. The topological polar surface area (TPSA) is 41.2 Å². The molecule has 3 aromatic rings. The van der Waals surface area contributed by atoms with Crippen LogP contribution in [0.3, 0.4) is 0 Å². The molecule has 0 aliphatic carbocycles. The summed E-state index contributed by atoms with van der Waals surface area (Å²) in [6.45, 7) is 2.67. The third-order valence-electron chi connectivity index (χ3n) is 3.34. The van der Waals surface area contributed by atoms with E-state index < -0.39 is 5.97 Å². The summed E-state index contributed by atoms with van der Waals surface area (Å²) in [7, 11) is 0. The number of aryl methyl sites for hydroxylation is 1. The minimum Gasteiger partial charge on any atom is -1.00 e. The highest BCUT2D eigenvalue weighted by Gasteiger charge is 2.18. The van der Waals surface area contributed by atoms with Gasteiger partial charge in [0.25, 0.3) is 0 Å². The number of fused-ring (bicyclic) bond motifs is 1. The molecule has 0 saturated carbocycles. The third-order valence-corrected chi connectivity index (χ3v) is 4.64. The highest BCUT2D eigenvalue weighted by molar-refractivity contribution is 7.18. The number of aromatic carboxylic acids is 1. The number of carboxylic acids is 1.